The first-order chi connectivity index (χ1) is 14.5. The van der Waals surface area contributed by atoms with Crippen molar-refractivity contribution in [3.8, 4) is 0 Å². The van der Waals surface area contributed by atoms with Crippen molar-refractivity contribution in [2.45, 2.75) is 76.5 Å². The van der Waals surface area contributed by atoms with Crippen molar-refractivity contribution in [1.29, 1.82) is 0 Å². The van der Waals surface area contributed by atoms with Crippen LogP contribution in [0.4, 0.5) is 13.2 Å². The molecular weight excluding hydrogens is 381 g/mol. The summed E-state index contributed by atoms with van der Waals surface area (Å²) in [4.78, 5) is 0. The zero-order valence-electron chi connectivity index (χ0n) is 17.9. The van der Waals surface area contributed by atoms with Crippen molar-refractivity contribution in [2.75, 3.05) is 0 Å². The summed E-state index contributed by atoms with van der Waals surface area (Å²) in [5.74, 6) is -0.317. The fourth-order valence-corrected chi connectivity index (χ4v) is 6.05. The quantitative estimate of drug-likeness (QED) is 0.431. The highest BCUT2D eigenvalue weighted by atomic mass is 19.2. The van der Waals surface area contributed by atoms with Gasteiger partial charge in [0, 0.05) is 0 Å². The predicted molar refractivity (Wildman–Crippen MR) is 116 cm³/mol. The van der Waals surface area contributed by atoms with Gasteiger partial charge in [0.15, 0.2) is 17.5 Å². The summed E-state index contributed by atoms with van der Waals surface area (Å²) < 4.78 is 40.4. The molecule has 2 aliphatic carbocycles. The van der Waals surface area contributed by atoms with E-state index in [-0.39, 0.29) is 5.92 Å². The molecule has 0 N–H and O–H groups in total. The van der Waals surface area contributed by atoms with Gasteiger partial charge in [0.05, 0.1) is 0 Å². The Morgan fingerprint density at radius 2 is 1.30 bits per heavy atom. The number of rotatable bonds is 5. The Bertz CT molecular complexity index is 792. The molecule has 4 rings (SSSR count). The molecule has 2 aliphatic rings. The van der Waals surface area contributed by atoms with Crippen LogP contribution in [-0.2, 0) is 0 Å². The first-order valence-electron chi connectivity index (χ1n) is 11.7. The van der Waals surface area contributed by atoms with Crippen LogP contribution in [0.2, 0.25) is 0 Å². The monoisotopic (exact) mass is 414 g/mol. The molecule has 0 radical (unpaired) electrons. The Morgan fingerprint density at radius 1 is 0.767 bits per heavy atom. The van der Waals surface area contributed by atoms with Gasteiger partial charge in [-0.2, -0.15) is 0 Å². The van der Waals surface area contributed by atoms with Crippen molar-refractivity contribution in [3.05, 3.63) is 71.0 Å². The molecule has 0 saturated heterocycles. The summed E-state index contributed by atoms with van der Waals surface area (Å²) in [6, 6.07) is 13.2. The van der Waals surface area contributed by atoms with E-state index < -0.39 is 17.5 Å². The van der Waals surface area contributed by atoms with Gasteiger partial charge in [0.1, 0.15) is 0 Å². The number of halogens is 3. The van der Waals surface area contributed by atoms with E-state index in [0.29, 0.717) is 11.5 Å². The van der Waals surface area contributed by atoms with Gasteiger partial charge in [-0.15, -0.1) is 0 Å². The van der Waals surface area contributed by atoms with E-state index in [9.17, 15) is 13.2 Å². The molecule has 3 heteroatoms. The average Bonchev–Trinajstić information content (AvgIpc) is 2.78. The van der Waals surface area contributed by atoms with Crippen LogP contribution in [-0.4, -0.2) is 0 Å². The second kappa shape index (κ2) is 9.58. The predicted octanol–water partition coefficient (Wildman–Crippen LogP) is 8.38. The molecule has 162 valence electrons. The summed E-state index contributed by atoms with van der Waals surface area (Å²) in [5, 5.41) is 0. The molecule has 0 aliphatic heterocycles. The van der Waals surface area contributed by atoms with E-state index >= 15 is 0 Å². The van der Waals surface area contributed by atoms with Crippen LogP contribution in [0.3, 0.4) is 0 Å². The average molecular weight is 415 g/mol. The summed E-state index contributed by atoms with van der Waals surface area (Å²) >= 11 is 0. The molecule has 30 heavy (non-hydrogen) atoms. The molecule has 1 atom stereocenters. The third kappa shape index (κ3) is 4.92. The van der Waals surface area contributed by atoms with Gasteiger partial charge in [-0.25, -0.2) is 13.2 Å². The molecule has 0 amide bonds. The minimum Gasteiger partial charge on any atom is -0.204 e. The first kappa shape index (κ1) is 21.5. The van der Waals surface area contributed by atoms with E-state index in [0.717, 1.165) is 43.4 Å². The van der Waals surface area contributed by atoms with Crippen LogP contribution in [0.5, 0.6) is 0 Å². The standard InChI is InChI=1S/C27H33F3/c1-18(20-5-3-2-4-6-20)15-19-7-9-21(10-8-19)22-11-13-23(14-12-22)24-16-25(28)27(30)26(29)17-24/h2-6,16-19,21-23H,7-15H2,1H3. The van der Waals surface area contributed by atoms with E-state index in [1.807, 2.05) is 0 Å². The maximum atomic E-state index is 13.6. The van der Waals surface area contributed by atoms with Gasteiger partial charge >= 0.3 is 0 Å². The van der Waals surface area contributed by atoms with Crippen molar-refractivity contribution in [2.24, 2.45) is 17.8 Å². The molecule has 2 saturated carbocycles. The molecular formula is C27H33F3. The molecule has 0 nitrogen and oxygen atoms in total. The molecule has 2 aromatic rings. The summed E-state index contributed by atoms with van der Waals surface area (Å²) in [5.41, 5.74) is 2.08. The minimum atomic E-state index is -1.36. The van der Waals surface area contributed by atoms with Crippen LogP contribution >= 0.6 is 0 Å². The van der Waals surface area contributed by atoms with Crippen LogP contribution in [0.1, 0.15) is 87.7 Å². The lowest BCUT2D eigenvalue weighted by atomic mass is 9.67. The van der Waals surface area contributed by atoms with Crippen LogP contribution in [0.25, 0.3) is 0 Å². The van der Waals surface area contributed by atoms with Gasteiger partial charge in [-0.3, -0.25) is 0 Å². The van der Waals surface area contributed by atoms with Crippen molar-refractivity contribution in [3.63, 3.8) is 0 Å². The van der Waals surface area contributed by atoms with E-state index in [1.165, 1.54) is 49.8 Å². The fourth-order valence-electron chi connectivity index (χ4n) is 6.05. The van der Waals surface area contributed by atoms with Gasteiger partial charge < -0.3 is 0 Å². The van der Waals surface area contributed by atoms with Crippen LogP contribution < -0.4 is 0 Å². The topological polar surface area (TPSA) is 0 Å². The number of benzene rings is 2. The van der Waals surface area contributed by atoms with E-state index in [2.05, 4.69) is 37.3 Å². The second-order valence-corrected chi connectivity index (χ2v) is 9.74. The molecule has 2 aromatic carbocycles. The van der Waals surface area contributed by atoms with Gasteiger partial charge in [0.2, 0.25) is 0 Å². The lowest BCUT2D eigenvalue weighted by Gasteiger charge is -2.38. The molecule has 0 bridgehead atoms. The Morgan fingerprint density at radius 3 is 1.87 bits per heavy atom. The van der Waals surface area contributed by atoms with Gasteiger partial charge in [-0.1, -0.05) is 50.1 Å². The number of hydrogen-bond acceptors (Lipinski definition) is 0. The molecule has 0 spiro atoms. The molecule has 1 unspecified atom stereocenters. The normalized spacial score (nSPS) is 28.3. The summed E-state index contributed by atoms with van der Waals surface area (Å²) in [6.45, 7) is 2.35. The van der Waals surface area contributed by atoms with Crippen LogP contribution in [0.15, 0.2) is 42.5 Å². The lowest BCUT2D eigenvalue weighted by Crippen LogP contribution is -2.26. The zero-order chi connectivity index (χ0) is 21.1. The van der Waals surface area contributed by atoms with Gasteiger partial charge in [0.25, 0.3) is 0 Å². The minimum absolute atomic E-state index is 0.161. The van der Waals surface area contributed by atoms with Crippen LogP contribution in [0, 0.1) is 35.2 Å². The maximum absolute atomic E-state index is 13.6. The Hall–Kier alpha value is -1.77. The Balaban J connectivity index is 1.25. The Kier molecular flexibility index (Phi) is 6.85. The highest BCUT2D eigenvalue weighted by molar-refractivity contribution is 5.23. The zero-order valence-corrected chi connectivity index (χ0v) is 17.9. The van der Waals surface area contributed by atoms with Crippen molar-refractivity contribution >= 4 is 0 Å². The van der Waals surface area contributed by atoms with Crippen molar-refractivity contribution in [1.82, 2.24) is 0 Å². The highest BCUT2D eigenvalue weighted by Gasteiger charge is 2.32. The Labute approximate surface area is 178 Å². The summed E-state index contributed by atoms with van der Waals surface area (Å²) in [7, 11) is 0. The lowest BCUT2D eigenvalue weighted by molar-refractivity contribution is 0.154. The second-order valence-electron chi connectivity index (χ2n) is 9.74. The SMILES string of the molecule is CC(CC1CCC(C2CCC(c3cc(F)c(F)c(F)c3)CC2)CC1)c1ccccc1. The molecule has 0 aromatic heterocycles. The fraction of sp³-hybridized carbons (Fsp3) is 0.556. The third-order valence-electron chi connectivity index (χ3n) is 7.86. The van der Waals surface area contributed by atoms with E-state index in [1.54, 1.807) is 0 Å². The first-order valence-corrected chi connectivity index (χ1v) is 11.7. The highest BCUT2D eigenvalue weighted by Crippen LogP contribution is 2.45. The maximum Gasteiger partial charge on any atom is 0.194 e. The van der Waals surface area contributed by atoms with Crippen molar-refractivity contribution < 1.29 is 13.2 Å². The summed E-state index contributed by atoms with van der Waals surface area (Å²) in [6.07, 6.45) is 10.8. The molecule has 0 heterocycles. The number of hydrogen-bond donors (Lipinski definition) is 0. The van der Waals surface area contributed by atoms with E-state index in [4.69, 9.17) is 0 Å². The smallest absolute Gasteiger partial charge is 0.194 e. The van der Waals surface area contributed by atoms with Gasteiger partial charge in [-0.05, 0) is 97.8 Å². The third-order valence-corrected chi connectivity index (χ3v) is 7.86. The largest absolute Gasteiger partial charge is 0.204 e. The molecule has 2 fully saturated rings.